The van der Waals surface area contributed by atoms with E-state index >= 15 is 0 Å². The first-order valence-corrected chi connectivity index (χ1v) is 7.50. The summed E-state index contributed by atoms with van der Waals surface area (Å²) in [5, 5.41) is 13.8. The van der Waals surface area contributed by atoms with Crippen LogP contribution in [0.2, 0.25) is 5.02 Å². The molecule has 0 saturated heterocycles. The molecule has 1 aromatic heterocycles. The number of aromatic nitrogens is 2. The minimum absolute atomic E-state index is 0.0538. The van der Waals surface area contributed by atoms with Gasteiger partial charge in [0.2, 0.25) is 5.95 Å². The monoisotopic (exact) mass is 320 g/mol. The molecule has 2 atom stereocenters. The second-order valence-corrected chi connectivity index (χ2v) is 5.68. The number of hydrogen-bond acceptors (Lipinski definition) is 6. The lowest BCUT2D eigenvalue weighted by Gasteiger charge is -2.19. The van der Waals surface area contributed by atoms with Crippen LogP contribution in [-0.2, 0) is 0 Å². The summed E-state index contributed by atoms with van der Waals surface area (Å²) in [6.45, 7) is 0. The topological polar surface area (TPSA) is 93.3 Å². The number of benzene rings is 1. The molecule has 1 aromatic carbocycles. The van der Waals surface area contributed by atoms with Crippen LogP contribution in [-0.4, -0.2) is 27.2 Å². The van der Waals surface area contributed by atoms with E-state index in [0.29, 0.717) is 22.3 Å². The zero-order valence-corrected chi connectivity index (χ0v) is 12.6. The van der Waals surface area contributed by atoms with Crippen LogP contribution in [0.5, 0.6) is 11.5 Å². The third kappa shape index (κ3) is 3.40. The maximum absolute atomic E-state index is 9.94. The second-order valence-electron chi connectivity index (χ2n) is 5.25. The van der Waals surface area contributed by atoms with Crippen LogP contribution in [0.25, 0.3) is 0 Å². The lowest BCUT2D eigenvalue weighted by Crippen LogP contribution is -2.28. The first-order chi connectivity index (χ1) is 10.6. The minimum Gasteiger partial charge on any atom is -0.452 e. The zero-order chi connectivity index (χ0) is 15.5. The first-order valence-electron chi connectivity index (χ1n) is 7.12. The highest BCUT2D eigenvalue weighted by molar-refractivity contribution is 6.30. The van der Waals surface area contributed by atoms with Crippen molar-refractivity contribution < 1.29 is 9.84 Å². The molecule has 2 aromatic rings. The Balaban J connectivity index is 1.82. The van der Waals surface area contributed by atoms with Crippen molar-refractivity contribution in [3.63, 3.8) is 0 Å². The highest BCUT2D eigenvalue weighted by atomic mass is 35.5. The van der Waals surface area contributed by atoms with E-state index in [4.69, 9.17) is 22.1 Å². The maximum atomic E-state index is 9.94. The Hall–Kier alpha value is -2.05. The summed E-state index contributed by atoms with van der Waals surface area (Å²) in [5.74, 6) is 1.70. The van der Waals surface area contributed by atoms with Crippen molar-refractivity contribution in [1.82, 2.24) is 9.97 Å². The van der Waals surface area contributed by atoms with Gasteiger partial charge in [0.1, 0.15) is 5.75 Å². The number of nitrogens with one attached hydrogen (secondary N) is 1. The van der Waals surface area contributed by atoms with Gasteiger partial charge in [0.05, 0.1) is 18.3 Å². The molecule has 1 heterocycles. The summed E-state index contributed by atoms with van der Waals surface area (Å²) in [7, 11) is 0. The van der Waals surface area contributed by atoms with E-state index in [1.54, 1.807) is 24.3 Å². The fraction of sp³-hybridized carbons (Fsp3) is 0.333. The van der Waals surface area contributed by atoms with Crippen molar-refractivity contribution in [3.05, 3.63) is 35.5 Å². The molecule has 1 aliphatic rings. The van der Waals surface area contributed by atoms with Crippen LogP contribution in [0.4, 0.5) is 11.8 Å². The molecule has 1 fully saturated rings. The SMILES string of the molecule is Nc1ncc(Oc2ccc(Cl)cc2)c(N[C@@H]2CCC[C@H]2O)n1. The Morgan fingerprint density at radius 1 is 1.27 bits per heavy atom. The number of nitrogen functional groups attached to an aromatic ring is 1. The predicted octanol–water partition coefficient (Wildman–Crippen LogP) is 2.83. The average molecular weight is 321 g/mol. The molecular formula is C15H17ClN4O2. The molecule has 116 valence electrons. The molecule has 3 rings (SSSR count). The Labute approximate surface area is 133 Å². The van der Waals surface area contributed by atoms with Crippen LogP contribution in [0, 0.1) is 0 Å². The Morgan fingerprint density at radius 3 is 2.73 bits per heavy atom. The van der Waals surface area contributed by atoms with E-state index in [2.05, 4.69) is 15.3 Å². The molecule has 6 nitrogen and oxygen atoms in total. The van der Waals surface area contributed by atoms with E-state index in [1.807, 2.05) is 0 Å². The Kier molecular flexibility index (Phi) is 4.31. The molecule has 0 radical (unpaired) electrons. The van der Waals surface area contributed by atoms with Gasteiger partial charge in [-0.05, 0) is 43.5 Å². The quantitative estimate of drug-likeness (QED) is 0.802. The van der Waals surface area contributed by atoms with E-state index in [-0.39, 0.29) is 18.1 Å². The van der Waals surface area contributed by atoms with E-state index in [9.17, 15) is 5.11 Å². The Morgan fingerprint density at radius 2 is 2.05 bits per heavy atom. The van der Waals surface area contributed by atoms with Gasteiger partial charge in [0.15, 0.2) is 11.6 Å². The van der Waals surface area contributed by atoms with Gasteiger partial charge in [0, 0.05) is 5.02 Å². The lowest BCUT2D eigenvalue weighted by atomic mass is 10.2. The number of ether oxygens (including phenoxy) is 1. The average Bonchev–Trinajstić information content (AvgIpc) is 2.89. The number of nitrogens with two attached hydrogens (primary N) is 1. The van der Waals surface area contributed by atoms with Crippen LogP contribution in [0.3, 0.4) is 0 Å². The van der Waals surface area contributed by atoms with Gasteiger partial charge >= 0.3 is 0 Å². The molecule has 0 spiro atoms. The van der Waals surface area contributed by atoms with E-state index in [0.717, 1.165) is 19.3 Å². The van der Waals surface area contributed by atoms with Crippen molar-refractivity contribution in [3.8, 4) is 11.5 Å². The van der Waals surface area contributed by atoms with Crippen molar-refractivity contribution in [2.75, 3.05) is 11.1 Å². The summed E-state index contributed by atoms with van der Waals surface area (Å²) < 4.78 is 5.78. The molecule has 7 heteroatoms. The van der Waals surface area contributed by atoms with Crippen molar-refractivity contribution in [1.29, 1.82) is 0 Å². The van der Waals surface area contributed by atoms with Crippen molar-refractivity contribution in [2.24, 2.45) is 0 Å². The number of aliphatic hydroxyl groups excluding tert-OH is 1. The molecule has 0 unspecified atom stereocenters. The molecule has 4 N–H and O–H groups in total. The highest BCUT2D eigenvalue weighted by Crippen LogP contribution is 2.31. The van der Waals surface area contributed by atoms with Gasteiger partial charge in [0.25, 0.3) is 0 Å². The van der Waals surface area contributed by atoms with Gasteiger partial charge in [-0.15, -0.1) is 0 Å². The molecule has 0 bridgehead atoms. The highest BCUT2D eigenvalue weighted by Gasteiger charge is 2.26. The predicted molar refractivity (Wildman–Crippen MR) is 85.2 cm³/mol. The van der Waals surface area contributed by atoms with E-state index < -0.39 is 0 Å². The zero-order valence-electron chi connectivity index (χ0n) is 11.9. The number of rotatable bonds is 4. The van der Waals surface area contributed by atoms with Gasteiger partial charge in [-0.1, -0.05) is 11.6 Å². The maximum Gasteiger partial charge on any atom is 0.222 e. The molecule has 1 saturated carbocycles. The number of anilines is 2. The second kappa shape index (κ2) is 6.37. The normalized spacial score (nSPS) is 20.8. The Bertz CT molecular complexity index is 650. The molecule has 1 aliphatic carbocycles. The molecule has 22 heavy (non-hydrogen) atoms. The van der Waals surface area contributed by atoms with Crippen LogP contribution in [0.15, 0.2) is 30.5 Å². The van der Waals surface area contributed by atoms with Crippen LogP contribution in [0.1, 0.15) is 19.3 Å². The summed E-state index contributed by atoms with van der Waals surface area (Å²) in [5.41, 5.74) is 5.65. The fourth-order valence-corrected chi connectivity index (χ4v) is 2.60. The summed E-state index contributed by atoms with van der Waals surface area (Å²) in [6.07, 6.45) is 3.77. The van der Waals surface area contributed by atoms with Crippen molar-refractivity contribution >= 4 is 23.4 Å². The van der Waals surface area contributed by atoms with Gasteiger partial charge in [-0.2, -0.15) is 4.98 Å². The molecule has 0 aliphatic heterocycles. The molecular weight excluding hydrogens is 304 g/mol. The van der Waals surface area contributed by atoms with Crippen molar-refractivity contribution in [2.45, 2.75) is 31.4 Å². The van der Waals surface area contributed by atoms with E-state index in [1.165, 1.54) is 6.20 Å². The molecule has 0 amide bonds. The fourth-order valence-electron chi connectivity index (χ4n) is 2.48. The number of hydrogen-bond donors (Lipinski definition) is 3. The standard InChI is InChI=1S/C15H17ClN4O2/c16-9-4-6-10(7-5-9)22-13-8-18-15(17)20-14(13)19-11-2-1-3-12(11)21/h4-8,11-12,21H,1-3H2,(H3,17,18,19,20)/t11-,12-/m1/s1. The third-order valence-electron chi connectivity index (χ3n) is 3.62. The van der Waals surface area contributed by atoms with Gasteiger partial charge in [-0.25, -0.2) is 4.98 Å². The van der Waals surface area contributed by atoms with Crippen LogP contribution < -0.4 is 15.8 Å². The number of halogens is 1. The minimum atomic E-state index is -0.389. The van der Waals surface area contributed by atoms with Crippen LogP contribution >= 0.6 is 11.6 Å². The first kappa shape index (κ1) is 14.9. The largest absolute Gasteiger partial charge is 0.452 e. The lowest BCUT2D eigenvalue weighted by molar-refractivity contribution is 0.171. The number of nitrogens with zero attached hydrogens (tertiary/aromatic N) is 2. The number of aliphatic hydroxyl groups is 1. The van der Waals surface area contributed by atoms with Gasteiger partial charge < -0.3 is 20.9 Å². The third-order valence-corrected chi connectivity index (χ3v) is 3.87. The van der Waals surface area contributed by atoms with Gasteiger partial charge in [-0.3, -0.25) is 0 Å². The summed E-state index contributed by atoms with van der Waals surface area (Å²) in [4.78, 5) is 8.14. The smallest absolute Gasteiger partial charge is 0.222 e. The summed E-state index contributed by atoms with van der Waals surface area (Å²) >= 11 is 5.86. The summed E-state index contributed by atoms with van der Waals surface area (Å²) in [6, 6.07) is 6.94.